The molecule has 0 rings (SSSR count). The third kappa shape index (κ3) is 17.8. The summed E-state index contributed by atoms with van der Waals surface area (Å²) >= 11 is 0. The van der Waals surface area contributed by atoms with Crippen molar-refractivity contribution >= 4 is 7.82 Å². The Hall–Kier alpha value is 2.11. The SMILES string of the molecule is CCOP(=O)(O)O.[H-].[H-].[Na+].[Na+]. The monoisotopic (exact) mass is 174 g/mol. The van der Waals surface area contributed by atoms with Gasteiger partial charge in [-0.15, -0.1) is 0 Å². The van der Waals surface area contributed by atoms with Gasteiger partial charge in [0.15, 0.2) is 0 Å². The van der Waals surface area contributed by atoms with E-state index in [2.05, 4.69) is 4.52 Å². The number of hydrogen-bond donors (Lipinski definition) is 2. The van der Waals surface area contributed by atoms with Crippen LogP contribution in [0.15, 0.2) is 0 Å². The molecule has 2 N–H and O–H groups in total. The molecule has 0 aromatic carbocycles. The Labute approximate surface area is 101 Å². The van der Waals surface area contributed by atoms with E-state index in [0.29, 0.717) is 0 Å². The first-order valence-corrected chi connectivity index (χ1v) is 3.29. The molecule has 7 heteroatoms. The molecule has 0 heterocycles. The maximum Gasteiger partial charge on any atom is 1.00 e. The van der Waals surface area contributed by atoms with E-state index < -0.39 is 7.82 Å². The van der Waals surface area contributed by atoms with Gasteiger partial charge in [0.05, 0.1) is 6.61 Å². The Morgan fingerprint density at radius 1 is 1.56 bits per heavy atom. The smallest absolute Gasteiger partial charge is 1.00 e. The van der Waals surface area contributed by atoms with Crippen molar-refractivity contribution in [2.45, 2.75) is 6.92 Å². The zero-order valence-electron chi connectivity index (χ0n) is 7.87. The molecule has 0 aliphatic rings. The fraction of sp³-hybridized carbons (Fsp3) is 1.00. The van der Waals surface area contributed by atoms with Crippen molar-refractivity contribution in [1.29, 1.82) is 0 Å². The molecule has 0 spiro atoms. The Bertz CT molecular complexity index is 98.1. The molecule has 0 fully saturated rings. The van der Waals surface area contributed by atoms with Crippen molar-refractivity contribution < 1.29 is 80.8 Å². The first-order chi connectivity index (χ1) is 3.06. The summed E-state index contributed by atoms with van der Waals surface area (Å²) in [5.41, 5.74) is 0. The van der Waals surface area contributed by atoms with Gasteiger partial charge in [-0.25, -0.2) is 4.57 Å². The molecule has 0 bridgehead atoms. The number of hydrogen-bond acceptors (Lipinski definition) is 2. The van der Waals surface area contributed by atoms with Gasteiger partial charge >= 0.3 is 66.9 Å². The van der Waals surface area contributed by atoms with Gasteiger partial charge in [0.25, 0.3) is 0 Å². The molecular weight excluding hydrogens is 165 g/mol. The van der Waals surface area contributed by atoms with E-state index in [1.165, 1.54) is 6.92 Å². The maximum absolute atomic E-state index is 9.70. The van der Waals surface area contributed by atoms with Crippen LogP contribution in [0, 0.1) is 0 Å². The first-order valence-electron chi connectivity index (χ1n) is 1.76. The normalized spacial score (nSPS) is 9.22. The van der Waals surface area contributed by atoms with E-state index >= 15 is 0 Å². The summed E-state index contributed by atoms with van der Waals surface area (Å²) in [5, 5.41) is 0. The third-order valence-corrected chi connectivity index (χ3v) is 0.892. The van der Waals surface area contributed by atoms with Crippen LogP contribution in [-0.4, -0.2) is 16.4 Å². The van der Waals surface area contributed by atoms with Crippen LogP contribution in [-0.2, 0) is 9.09 Å². The Morgan fingerprint density at radius 3 is 1.89 bits per heavy atom. The fourth-order valence-electron chi connectivity index (χ4n) is 0.168. The summed E-state index contributed by atoms with van der Waals surface area (Å²) in [6.45, 7) is 1.56. The predicted octanol–water partition coefficient (Wildman–Crippen LogP) is -5.65. The van der Waals surface area contributed by atoms with Crippen molar-refractivity contribution in [1.82, 2.24) is 0 Å². The van der Waals surface area contributed by atoms with Crippen LogP contribution in [0.2, 0.25) is 0 Å². The van der Waals surface area contributed by atoms with E-state index in [1.807, 2.05) is 0 Å². The summed E-state index contributed by atoms with van der Waals surface area (Å²) in [4.78, 5) is 15.8. The van der Waals surface area contributed by atoms with Crippen molar-refractivity contribution in [3.63, 3.8) is 0 Å². The molecule has 0 radical (unpaired) electrons. The van der Waals surface area contributed by atoms with E-state index in [9.17, 15) is 4.57 Å². The molecule has 0 aliphatic carbocycles. The standard InChI is InChI=1S/C2H7O4P.2Na.2H/c1-2-6-7(3,4)5;;;;/h2H2,1H3,(H2,3,4,5);;;;/q;2*+1;2*-1. The van der Waals surface area contributed by atoms with Gasteiger partial charge in [-0.1, -0.05) is 0 Å². The quantitative estimate of drug-likeness (QED) is 0.323. The number of phosphoric ester groups is 1. The van der Waals surface area contributed by atoms with Crippen molar-refractivity contribution in [2.24, 2.45) is 0 Å². The van der Waals surface area contributed by atoms with Crippen LogP contribution < -0.4 is 59.1 Å². The summed E-state index contributed by atoms with van der Waals surface area (Å²) in [7, 11) is -4.17. The van der Waals surface area contributed by atoms with Gasteiger partial charge in [-0.05, 0) is 6.92 Å². The topological polar surface area (TPSA) is 66.8 Å². The first kappa shape index (κ1) is 17.3. The minimum Gasteiger partial charge on any atom is -1.00 e. The van der Waals surface area contributed by atoms with Crippen LogP contribution in [0.25, 0.3) is 0 Å². The van der Waals surface area contributed by atoms with E-state index in [4.69, 9.17) is 9.79 Å². The molecule has 0 aliphatic heterocycles. The second kappa shape index (κ2) is 8.21. The van der Waals surface area contributed by atoms with Gasteiger partial charge in [-0.3, -0.25) is 4.52 Å². The van der Waals surface area contributed by atoms with Crippen molar-refractivity contribution in [3.05, 3.63) is 0 Å². The second-order valence-electron chi connectivity index (χ2n) is 0.908. The molecule has 4 nitrogen and oxygen atoms in total. The Balaban J connectivity index is -0.0000000300. The molecule has 0 aromatic rings. The van der Waals surface area contributed by atoms with E-state index in [0.717, 1.165) is 0 Å². The van der Waals surface area contributed by atoms with Crippen LogP contribution in [0.5, 0.6) is 0 Å². The molecule has 0 aromatic heterocycles. The van der Waals surface area contributed by atoms with Crippen LogP contribution in [0.1, 0.15) is 9.78 Å². The maximum atomic E-state index is 9.70. The van der Waals surface area contributed by atoms with Crippen LogP contribution >= 0.6 is 7.82 Å². The molecule has 48 valence electrons. The summed E-state index contributed by atoms with van der Waals surface area (Å²) in [5.74, 6) is 0. The average molecular weight is 174 g/mol. The van der Waals surface area contributed by atoms with Crippen molar-refractivity contribution in [3.8, 4) is 0 Å². The molecule has 0 atom stereocenters. The molecule has 0 saturated heterocycles. The molecule has 0 amide bonds. The van der Waals surface area contributed by atoms with Gasteiger partial charge in [0.2, 0.25) is 0 Å². The molecular formula is C2H9Na2O4P. The van der Waals surface area contributed by atoms with Gasteiger partial charge in [-0.2, -0.15) is 0 Å². The number of phosphoric acid groups is 1. The zero-order chi connectivity index (χ0) is 5.91. The summed E-state index contributed by atoms with van der Waals surface area (Å²) in [6.07, 6.45) is 0. The molecule has 0 unspecified atom stereocenters. The summed E-state index contributed by atoms with van der Waals surface area (Å²) < 4.78 is 13.6. The Morgan fingerprint density at radius 2 is 1.89 bits per heavy atom. The minimum absolute atomic E-state index is 0. The average Bonchev–Trinajstić information content (AvgIpc) is 1.30. The second-order valence-corrected chi connectivity index (χ2v) is 2.15. The Kier molecular flexibility index (Phi) is 15.7. The number of rotatable bonds is 2. The van der Waals surface area contributed by atoms with Gasteiger partial charge in [0, 0.05) is 0 Å². The molecule has 0 saturated carbocycles. The van der Waals surface area contributed by atoms with Gasteiger partial charge in [0.1, 0.15) is 0 Å². The largest absolute Gasteiger partial charge is 1.00 e. The van der Waals surface area contributed by atoms with Gasteiger partial charge < -0.3 is 12.6 Å². The minimum atomic E-state index is -4.17. The van der Waals surface area contributed by atoms with Crippen LogP contribution in [0.3, 0.4) is 0 Å². The van der Waals surface area contributed by atoms with Crippen molar-refractivity contribution in [2.75, 3.05) is 6.61 Å². The summed E-state index contributed by atoms with van der Waals surface area (Å²) in [6, 6.07) is 0. The van der Waals surface area contributed by atoms with Crippen LogP contribution in [0.4, 0.5) is 0 Å². The predicted molar refractivity (Wildman–Crippen MR) is 25.9 cm³/mol. The zero-order valence-corrected chi connectivity index (χ0v) is 10.8. The third-order valence-electron chi connectivity index (χ3n) is 0.297. The van der Waals surface area contributed by atoms with E-state index in [-0.39, 0.29) is 68.6 Å². The molecule has 9 heavy (non-hydrogen) atoms. The fourth-order valence-corrected chi connectivity index (χ4v) is 0.505. The van der Waals surface area contributed by atoms with E-state index in [1.54, 1.807) is 0 Å².